The number of carbonyl (C=O) groups excluding carboxylic acids is 2. The summed E-state index contributed by atoms with van der Waals surface area (Å²) in [5.74, 6) is -0.144. The van der Waals surface area contributed by atoms with Crippen molar-refractivity contribution in [3.63, 3.8) is 0 Å². The molecular weight excluding hydrogens is 437 g/mol. The van der Waals surface area contributed by atoms with Gasteiger partial charge in [-0.15, -0.1) is 0 Å². The van der Waals surface area contributed by atoms with E-state index in [0.717, 1.165) is 17.3 Å². The van der Waals surface area contributed by atoms with Gasteiger partial charge in [-0.1, -0.05) is 54.1 Å². The molecule has 4 rings (SSSR count). The summed E-state index contributed by atoms with van der Waals surface area (Å²) in [5.41, 5.74) is 1.94. The van der Waals surface area contributed by atoms with Gasteiger partial charge in [-0.2, -0.15) is 0 Å². The molecule has 0 atom stereocenters. The highest BCUT2D eigenvalue weighted by molar-refractivity contribution is 8.18. The SMILES string of the molecule is O=C1S/C(=C\c2cccc(OCc3ccccc3F)c2)C(=O)N1Cc1cccc(Cl)c1. The first kappa shape index (κ1) is 21.2. The summed E-state index contributed by atoms with van der Waals surface area (Å²) in [6, 6.07) is 20.5. The molecule has 0 bridgehead atoms. The van der Waals surface area contributed by atoms with Gasteiger partial charge in [0.15, 0.2) is 0 Å². The predicted molar refractivity (Wildman–Crippen MR) is 120 cm³/mol. The van der Waals surface area contributed by atoms with E-state index in [1.54, 1.807) is 66.7 Å². The molecule has 1 aliphatic rings. The van der Waals surface area contributed by atoms with E-state index in [0.29, 0.717) is 26.8 Å². The lowest BCUT2D eigenvalue weighted by Gasteiger charge is -2.12. The van der Waals surface area contributed by atoms with Gasteiger partial charge in [-0.25, -0.2) is 4.39 Å². The molecule has 1 saturated heterocycles. The second-order valence-corrected chi connectivity index (χ2v) is 8.28. The van der Waals surface area contributed by atoms with Crippen molar-refractivity contribution in [1.82, 2.24) is 4.90 Å². The van der Waals surface area contributed by atoms with E-state index in [4.69, 9.17) is 16.3 Å². The summed E-state index contributed by atoms with van der Waals surface area (Å²) in [6.07, 6.45) is 1.65. The monoisotopic (exact) mass is 453 g/mol. The number of ether oxygens (including phenoxy) is 1. The van der Waals surface area contributed by atoms with Gasteiger partial charge in [-0.05, 0) is 59.3 Å². The van der Waals surface area contributed by atoms with Gasteiger partial charge >= 0.3 is 0 Å². The predicted octanol–water partition coefficient (Wildman–Crippen LogP) is 6.29. The second kappa shape index (κ2) is 9.37. The first-order chi connectivity index (χ1) is 15.0. The molecule has 31 heavy (non-hydrogen) atoms. The number of amides is 2. The number of rotatable bonds is 6. The summed E-state index contributed by atoms with van der Waals surface area (Å²) in [4.78, 5) is 26.6. The van der Waals surface area contributed by atoms with Crippen LogP contribution in [0.25, 0.3) is 6.08 Å². The summed E-state index contributed by atoms with van der Waals surface area (Å²) < 4.78 is 19.4. The van der Waals surface area contributed by atoms with Crippen LogP contribution in [0.3, 0.4) is 0 Å². The lowest BCUT2D eigenvalue weighted by Crippen LogP contribution is -2.27. The molecule has 156 valence electrons. The van der Waals surface area contributed by atoms with Gasteiger partial charge < -0.3 is 4.74 Å². The van der Waals surface area contributed by atoms with E-state index >= 15 is 0 Å². The van der Waals surface area contributed by atoms with E-state index in [2.05, 4.69) is 0 Å². The first-order valence-corrected chi connectivity index (χ1v) is 10.6. The molecule has 2 amide bonds. The van der Waals surface area contributed by atoms with E-state index in [9.17, 15) is 14.0 Å². The lowest BCUT2D eigenvalue weighted by molar-refractivity contribution is -0.123. The molecule has 3 aromatic carbocycles. The summed E-state index contributed by atoms with van der Waals surface area (Å²) in [5, 5.41) is 0.218. The maximum atomic E-state index is 13.8. The summed E-state index contributed by atoms with van der Waals surface area (Å²) in [7, 11) is 0. The van der Waals surface area contributed by atoms with Gasteiger partial charge in [0.2, 0.25) is 0 Å². The highest BCUT2D eigenvalue weighted by atomic mass is 35.5. The normalized spacial score (nSPS) is 15.0. The fourth-order valence-electron chi connectivity index (χ4n) is 3.08. The molecule has 0 saturated carbocycles. The third kappa shape index (κ3) is 5.16. The van der Waals surface area contributed by atoms with E-state index in [1.165, 1.54) is 11.0 Å². The molecule has 3 aromatic rings. The van der Waals surface area contributed by atoms with Crippen LogP contribution in [0.2, 0.25) is 5.02 Å². The van der Waals surface area contributed by atoms with Crippen molar-refractivity contribution in [2.75, 3.05) is 0 Å². The van der Waals surface area contributed by atoms with E-state index < -0.39 is 0 Å². The fraction of sp³-hybridized carbons (Fsp3) is 0.0833. The van der Waals surface area contributed by atoms with Gasteiger partial charge in [-0.3, -0.25) is 14.5 Å². The molecular formula is C24H17ClFNO3S. The highest BCUT2D eigenvalue weighted by Crippen LogP contribution is 2.34. The quantitative estimate of drug-likeness (QED) is 0.411. The van der Waals surface area contributed by atoms with Crippen LogP contribution in [0.5, 0.6) is 5.75 Å². The number of halogens is 2. The lowest BCUT2D eigenvalue weighted by atomic mass is 10.2. The van der Waals surface area contributed by atoms with E-state index in [1.807, 2.05) is 6.07 Å². The number of hydrogen-bond donors (Lipinski definition) is 0. The minimum absolute atomic E-state index is 0.0896. The van der Waals surface area contributed by atoms with Crippen molar-refractivity contribution in [2.45, 2.75) is 13.2 Å². The third-order valence-corrected chi connectivity index (χ3v) is 5.75. The third-order valence-electron chi connectivity index (χ3n) is 4.61. The van der Waals surface area contributed by atoms with Gasteiger partial charge in [0.1, 0.15) is 18.2 Å². The number of imide groups is 1. The molecule has 4 nitrogen and oxygen atoms in total. The van der Waals surface area contributed by atoms with Crippen molar-refractivity contribution >= 4 is 40.6 Å². The number of thioether (sulfide) groups is 1. The molecule has 7 heteroatoms. The first-order valence-electron chi connectivity index (χ1n) is 9.46. The largest absolute Gasteiger partial charge is 0.489 e. The van der Waals surface area contributed by atoms with Crippen LogP contribution >= 0.6 is 23.4 Å². The number of carbonyl (C=O) groups is 2. The standard InChI is InChI=1S/C24H17ClFNO3S/c25-19-8-3-6-17(11-19)14-27-23(28)22(31-24(27)29)13-16-5-4-9-20(12-16)30-15-18-7-1-2-10-21(18)26/h1-13H,14-15H2/b22-13-. The zero-order valence-electron chi connectivity index (χ0n) is 16.3. The maximum absolute atomic E-state index is 13.8. The van der Waals surface area contributed by atoms with Gasteiger partial charge in [0.25, 0.3) is 11.1 Å². The number of nitrogens with zero attached hydrogens (tertiary/aromatic N) is 1. The van der Waals surface area contributed by atoms with Crippen molar-refractivity contribution in [2.24, 2.45) is 0 Å². The topological polar surface area (TPSA) is 46.6 Å². The van der Waals surface area contributed by atoms with Crippen molar-refractivity contribution in [1.29, 1.82) is 0 Å². The Morgan fingerprint density at radius 3 is 2.61 bits per heavy atom. The highest BCUT2D eigenvalue weighted by Gasteiger charge is 2.35. The molecule has 1 heterocycles. The van der Waals surface area contributed by atoms with Crippen molar-refractivity contribution in [3.8, 4) is 5.75 Å². The summed E-state index contributed by atoms with van der Waals surface area (Å²) >= 11 is 6.88. The Kier molecular flexibility index (Phi) is 6.39. The van der Waals surface area contributed by atoms with Crippen LogP contribution in [-0.2, 0) is 17.9 Å². The van der Waals surface area contributed by atoms with Crippen molar-refractivity contribution < 1.29 is 18.7 Å². The molecule has 0 N–H and O–H groups in total. The molecule has 0 unspecified atom stereocenters. The van der Waals surface area contributed by atoms with Crippen molar-refractivity contribution in [3.05, 3.63) is 105 Å². The Labute approximate surface area is 188 Å². The number of benzene rings is 3. The average molecular weight is 454 g/mol. The second-order valence-electron chi connectivity index (χ2n) is 6.85. The Morgan fingerprint density at radius 1 is 1.00 bits per heavy atom. The van der Waals surface area contributed by atoms with Crippen LogP contribution in [0.1, 0.15) is 16.7 Å². The Morgan fingerprint density at radius 2 is 1.81 bits per heavy atom. The molecule has 0 aromatic heterocycles. The number of hydrogen-bond acceptors (Lipinski definition) is 4. The minimum Gasteiger partial charge on any atom is -0.489 e. The van der Waals surface area contributed by atoms with Crippen LogP contribution in [-0.4, -0.2) is 16.0 Å². The van der Waals surface area contributed by atoms with Crippen LogP contribution in [0.15, 0.2) is 77.7 Å². The smallest absolute Gasteiger partial charge is 0.293 e. The maximum Gasteiger partial charge on any atom is 0.293 e. The summed E-state index contributed by atoms with van der Waals surface area (Å²) in [6.45, 7) is 0.251. The zero-order chi connectivity index (χ0) is 21.8. The average Bonchev–Trinajstić information content (AvgIpc) is 3.01. The van der Waals surface area contributed by atoms with Crippen LogP contribution < -0.4 is 4.74 Å². The Hall–Kier alpha value is -3.09. The van der Waals surface area contributed by atoms with Gasteiger partial charge in [0, 0.05) is 10.6 Å². The van der Waals surface area contributed by atoms with Crippen LogP contribution in [0.4, 0.5) is 9.18 Å². The van der Waals surface area contributed by atoms with Crippen LogP contribution in [0, 0.1) is 5.82 Å². The molecule has 0 aliphatic carbocycles. The minimum atomic E-state index is -0.354. The Balaban J connectivity index is 1.47. The molecule has 1 fully saturated rings. The fourth-order valence-corrected chi connectivity index (χ4v) is 4.13. The van der Waals surface area contributed by atoms with Gasteiger partial charge in [0.05, 0.1) is 11.4 Å². The molecule has 0 spiro atoms. The van der Waals surface area contributed by atoms with E-state index in [-0.39, 0.29) is 30.1 Å². The zero-order valence-corrected chi connectivity index (χ0v) is 17.8. The molecule has 1 aliphatic heterocycles. The Bertz CT molecular complexity index is 1180. The molecule has 0 radical (unpaired) electrons.